The van der Waals surface area contributed by atoms with E-state index in [-0.39, 0.29) is 6.04 Å². The Bertz CT molecular complexity index is 456. The standard InChI is InChI=1S/C12H15N3S2/c1-9-14-15-12(17-9)16-8-7-11(13)10-5-3-2-4-6-10/h2-6,11H,7-8,13H2,1H3/t11-/m0/s1. The van der Waals surface area contributed by atoms with E-state index in [1.807, 2.05) is 25.1 Å². The molecule has 0 saturated carbocycles. The van der Waals surface area contributed by atoms with Crippen LogP contribution in [0.3, 0.4) is 0 Å². The second-order valence-electron chi connectivity index (χ2n) is 3.74. The van der Waals surface area contributed by atoms with Crippen LogP contribution in [0.15, 0.2) is 34.7 Å². The molecule has 5 heteroatoms. The molecule has 0 unspecified atom stereocenters. The molecule has 1 atom stereocenters. The molecule has 3 nitrogen and oxygen atoms in total. The molecule has 0 aliphatic rings. The Morgan fingerprint density at radius 2 is 2.06 bits per heavy atom. The largest absolute Gasteiger partial charge is 0.324 e. The molecule has 90 valence electrons. The van der Waals surface area contributed by atoms with Crippen molar-refractivity contribution in [3.63, 3.8) is 0 Å². The number of hydrogen-bond acceptors (Lipinski definition) is 5. The Morgan fingerprint density at radius 3 is 2.71 bits per heavy atom. The maximum atomic E-state index is 6.12. The number of aromatic nitrogens is 2. The quantitative estimate of drug-likeness (QED) is 0.844. The molecule has 1 aromatic heterocycles. The normalized spacial score (nSPS) is 12.6. The third kappa shape index (κ3) is 3.80. The summed E-state index contributed by atoms with van der Waals surface area (Å²) in [6.07, 6.45) is 0.952. The van der Waals surface area contributed by atoms with Crippen LogP contribution in [0, 0.1) is 6.92 Å². The zero-order valence-electron chi connectivity index (χ0n) is 9.67. The number of benzene rings is 1. The van der Waals surface area contributed by atoms with E-state index in [0.717, 1.165) is 21.5 Å². The van der Waals surface area contributed by atoms with E-state index >= 15 is 0 Å². The molecule has 2 rings (SSSR count). The van der Waals surface area contributed by atoms with Crippen molar-refractivity contribution in [2.45, 2.75) is 23.7 Å². The summed E-state index contributed by atoms with van der Waals surface area (Å²) in [5, 5.41) is 9.08. The van der Waals surface area contributed by atoms with Crippen LogP contribution < -0.4 is 5.73 Å². The summed E-state index contributed by atoms with van der Waals surface area (Å²) in [7, 11) is 0. The van der Waals surface area contributed by atoms with Gasteiger partial charge in [0.1, 0.15) is 5.01 Å². The highest BCUT2D eigenvalue weighted by Gasteiger charge is 2.06. The SMILES string of the molecule is Cc1nnc(SCC[C@H](N)c2ccccc2)s1. The molecule has 1 aromatic carbocycles. The monoisotopic (exact) mass is 265 g/mol. The fraction of sp³-hybridized carbons (Fsp3) is 0.333. The minimum absolute atomic E-state index is 0.109. The highest BCUT2D eigenvalue weighted by atomic mass is 32.2. The maximum Gasteiger partial charge on any atom is 0.174 e. The van der Waals surface area contributed by atoms with E-state index in [4.69, 9.17) is 5.73 Å². The highest BCUT2D eigenvalue weighted by molar-refractivity contribution is 8.01. The molecule has 0 aliphatic heterocycles. The van der Waals surface area contributed by atoms with Gasteiger partial charge in [-0.1, -0.05) is 53.4 Å². The smallest absolute Gasteiger partial charge is 0.174 e. The molecule has 0 fully saturated rings. The van der Waals surface area contributed by atoms with Crippen molar-refractivity contribution in [1.29, 1.82) is 0 Å². The molecular formula is C12H15N3S2. The summed E-state index contributed by atoms with van der Waals surface area (Å²) >= 11 is 3.36. The lowest BCUT2D eigenvalue weighted by atomic mass is 10.1. The summed E-state index contributed by atoms with van der Waals surface area (Å²) in [4.78, 5) is 0. The van der Waals surface area contributed by atoms with Crippen LogP contribution in [0.25, 0.3) is 0 Å². The van der Waals surface area contributed by atoms with Gasteiger partial charge in [0.25, 0.3) is 0 Å². The molecule has 2 aromatic rings. The zero-order chi connectivity index (χ0) is 12.1. The van der Waals surface area contributed by atoms with Crippen LogP contribution in [0.5, 0.6) is 0 Å². The molecule has 0 spiro atoms. The minimum Gasteiger partial charge on any atom is -0.324 e. The molecule has 0 saturated heterocycles. The summed E-state index contributed by atoms with van der Waals surface area (Å²) < 4.78 is 1.03. The zero-order valence-corrected chi connectivity index (χ0v) is 11.3. The lowest BCUT2D eigenvalue weighted by Gasteiger charge is -2.10. The van der Waals surface area contributed by atoms with E-state index in [9.17, 15) is 0 Å². The van der Waals surface area contributed by atoms with Gasteiger partial charge < -0.3 is 5.73 Å². The summed E-state index contributed by atoms with van der Waals surface area (Å²) in [5.41, 5.74) is 7.31. The molecule has 17 heavy (non-hydrogen) atoms. The van der Waals surface area contributed by atoms with Crippen molar-refractivity contribution in [3.8, 4) is 0 Å². The van der Waals surface area contributed by atoms with Crippen LogP contribution in [0.1, 0.15) is 23.0 Å². The van der Waals surface area contributed by atoms with Crippen molar-refractivity contribution in [2.24, 2.45) is 5.73 Å². The first-order valence-corrected chi connectivity index (χ1v) is 7.29. The van der Waals surface area contributed by atoms with Gasteiger partial charge in [-0.3, -0.25) is 0 Å². The molecular weight excluding hydrogens is 250 g/mol. The van der Waals surface area contributed by atoms with E-state index in [1.54, 1.807) is 23.1 Å². The third-order valence-corrected chi connectivity index (χ3v) is 4.39. The average molecular weight is 265 g/mol. The number of thioether (sulfide) groups is 1. The molecule has 0 bridgehead atoms. The Kier molecular flexibility index (Phi) is 4.53. The maximum absolute atomic E-state index is 6.12. The van der Waals surface area contributed by atoms with E-state index in [2.05, 4.69) is 22.3 Å². The topological polar surface area (TPSA) is 51.8 Å². The predicted molar refractivity (Wildman–Crippen MR) is 73.4 cm³/mol. The van der Waals surface area contributed by atoms with Crippen LogP contribution in [0.4, 0.5) is 0 Å². The highest BCUT2D eigenvalue weighted by Crippen LogP contribution is 2.24. The Balaban J connectivity index is 1.79. The minimum atomic E-state index is 0.109. The van der Waals surface area contributed by atoms with Gasteiger partial charge in [0.15, 0.2) is 4.34 Å². The van der Waals surface area contributed by atoms with E-state index < -0.39 is 0 Å². The lowest BCUT2D eigenvalue weighted by molar-refractivity contribution is 0.705. The number of aryl methyl sites for hydroxylation is 1. The van der Waals surface area contributed by atoms with Gasteiger partial charge in [0.2, 0.25) is 0 Å². The van der Waals surface area contributed by atoms with Gasteiger partial charge in [0.05, 0.1) is 0 Å². The predicted octanol–water partition coefficient (Wildman–Crippen LogP) is 3.03. The summed E-state index contributed by atoms with van der Waals surface area (Å²) in [5.74, 6) is 0.977. The van der Waals surface area contributed by atoms with Gasteiger partial charge in [-0.15, -0.1) is 10.2 Å². The molecule has 1 heterocycles. The summed E-state index contributed by atoms with van der Waals surface area (Å²) in [6.45, 7) is 1.97. The van der Waals surface area contributed by atoms with Crippen LogP contribution >= 0.6 is 23.1 Å². The van der Waals surface area contributed by atoms with E-state index in [1.165, 1.54) is 5.56 Å². The van der Waals surface area contributed by atoms with E-state index in [0.29, 0.717) is 0 Å². The van der Waals surface area contributed by atoms with Crippen molar-refractivity contribution < 1.29 is 0 Å². The van der Waals surface area contributed by atoms with Gasteiger partial charge in [-0.05, 0) is 18.9 Å². The van der Waals surface area contributed by atoms with Crippen LogP contribution in [-0.4, -0.2) is 16.0 Å². The van der Waals surface area contributed by atoms with Gasteiger partial charge in [0, 0.05) is 11.8 Å². The Labute approximate surface area is 109 Å². The first kappa shape index (κ1) is 12.5. The van der Waals surface area contributed by atoms with Gasteiger partial charge in [-0.25, -0.2) is 0 Å². The number of hydrogen-bond donors (Lipinski definition) is 1. The van der Waals surface area contributed by atoms with Crippen LogP contribution in [0.2, 0.25) is 0 Å². The Morgan fingerprint density at radius 1 is 1.29 bits per heavy atom. The lowest BCUT2D eigenvalue weighted by Crippen LogP contribution is -2.10. The third-order valence-electron chi connectivity index (χ3n) is 2.39. The van der Waals surface area contributed by atoms with Crippen molar-refractivity contribution in [3.05, 3.63) is 40.9 Å². The number of nitrogens with two attached hydrogens (primary N) is 1. The fourth-order valence-corrected chi connectivity index (χ4v) is 3.39. The summed E-state index contributed by atoms with van der Waals surface area (Å²) in [6, 6.07) is 10.3. The second kappa shape index (κ2) is 6.14. The number of nitrogens with zero attached hydrogens (tertiary/aromatic N) is 2. The van der Waals surface area contributed by atoms with Crippen molar-refractivity contribution in [1.82, 2.24) is 10.2 Å². The Hall–Kier alpha value is -0.910. The van der Waals surface area contributed by atoms with Gasteiger partial charge >= 0.3 is 0 Å². The molecule has 0 amide bonds. The van der Waals surface area contributed by atoms with Gasteiger partial charge in [-0.2, -0.15) is 0 Å². The first-order valence-electron chi connectivity index (χ1n) is 5.49. The molecule has 0 radical (unpaired) electrons. The van der Waals surface area contributed by atoms with Crippen LogP contribution in [-0.2, 0) is 0 Å². The molecule has 0 aliphatic carbocycles. The average Bonchev–Trinajstić information content (AvgIpc) is 2.76. The second-order valence-corrected chi connectivity index (χ2v) is 6.26. The first-order chi connectivity index (χ1) is 8.25. The number of rotatable bonds is 5. The van der Waals surface area contributed by atoms with Crippen molar-refractivity contribution in [2.75, 3.05) is 5.75 Å². The fourth-order valence-electron chi connectivity index (χ4n) is 1.48. The molecule has 2 N–H and O–H groups in total. The van der Waals surface area contributed by atoms with Crippen molar-refractivity contribution >= 4 is 23.1 Å².